The monoisotopic (exact) mass is 486 g/mol. The Morgan fingerprint density at radius 2 is 2.07 bits per heavy atom. The highest BCUT2D eigenvalue weighted by Crippen LogP contribution is 2.47. The van der Waals surface area contributed by atoms with Crippen molar-refractivity contribution in [3.05, 3.63) is 53.2 Å². The summed E-state index contributed by atoms with van der Waals surface area (Å²) < 4.78 is 18.9. The molecule has 1 aromatic heterocycles. The lowest BCUT2D eigenvalue weighted by atomic mass is 9.96. The number of benzene rings is 1. The van der Waals surface area contributed by atoms with Gasteiger partial charge < -0.3 is 15.2 Å². The Kier molecular flexibility index (Phi) is 7.64. The summed E-state index contributed by atoms with van der Waals surface area (Å²) in [6, 6.07) is 8.86. The van der Waals surface area contributed by atoms with E-state index in [1.54, 1.807) is 12.1 Å². The van der Waals surface area contributed by atoms with Crippen LogP contribution in [0.3, 0.4) is 0 Å². The molecule has 5 nitrogen and oxygen atoms in total. The molecule has 148 valence electrons. The topological polar surface area (TPSA) is 62.5 Å². The minimum Gasteiger partial charge on any atom is -0.359 e. The summed E-state index contributed by atoms with van der Waals surface area (Å²) in [5, 5.41) is 10.7. The Morgan fingerprint density at radius 3 is 2.67 bits per heavy atom. The summed E-state index contributed by atoms with van der Waals surface area (Å²) in [7, 11) is 0. The van der Waals surface area contributed by atoms with Crippen LogP contribution >= 0.6 is 24.0 Å². The first-order valence-corrected chi connectivity index (χ1v) is 9.26. The van der Waals surface area contributed by atoms with Gasteiger partial charge in [-0.3, -0.25) is 0 Å². The Morgan fingerprint density at radius 1 is 1.30 bits per heavy atom. The van der Waals surface area contributed by atoms with Gasteiger partial charge in [0.25, 0.3) is 0 Å². The molecule has 1 saturated carbocycles. The Balaban J connectivity index is 0.00000261. The van der Waals surface area contributed by atoms with E-state index in [1.165, 1.54) is 6.07 Å². The summed E-state index contributed by atoms with van der Waals surface area (Å²) in [4.78, 5) is 4.59. The van der Waals surface area contributed by atoms with Gasteiger partial charge in [0.2, 0.25) is 0 Å². The van der Waals surface area contributed by atoms with Gasteiger partial charge in [-0.05, 0) is 43.4 Å². The molecule has 0 atom stereocenters. The van der Waals surface area contributed by atoms with E-state index < -0.39 is 0 Å². The van der Waals surface area contributed by atoms with Crippen molar-refractivity contribution in [2.75, 3.05) is 13.1 Å². The minimum absolute atomic E-state index is 0. The molecule has 0 spiro atoms. The number of hydrogen-bond acceptors (Lipinski definition) is 3. The van der Waals surface area contributed by atoms with Crippen molar-refractivity contribution >= 4 is 29.9 Å². The zero-order valence-electron chi connectivity index (χ0n) is 16.1. The smallest absolute Gasteiger partial charge is 0.191 e. The fraction of sp³-hybridized carbons (Fsp3) is 0.500. The zero-order chi connectivity index (χ0) is 18.6. The molecular weight excluding hydrogens is 458 g/mol. The third-order valence-electron chi connectivity index (χ3n) is 4.79. The van der Waals surface area contributed by atoms with Gasteiger partial charge in [-0.25, -0.2) is 9.38 Å². The fourth-order valence-corrected chi connectivity index (χ4v) is 2.96. The summed E-state index contributed by atoms with van der Waals surface area (Å²) in [5.41, 5.74) is 2.00. The Bertz CT molecular complexity index is 771. The molecule has 1 aromatic carbocycles. The largest absolute Gasteiger partial charge is 0.359 e. The Labute approximate surface area is 177 Å². The molecule has 1 heterocycles. The van der Waals surface area contributed by atoms with E-state index in [1.807, 2.05) is 19.1 Å². The van der Waals surface area contributed by atoms with Gasteiger partial charge >= 0.3 is 0 Å². The number of nitrogens with zero attached hydrogens (tertiary/aromatic N) is 2. The number of rotatable bonds is 7. The molecule has 1 aliphatic rings. The van der Waals surface area contributed by atoms with Crippen LogP contribution in [-0.4, -0.2) is 24.2 Å². The lowest BCUT2D eigenvalue weighted by Gasteiger charge is -2.19. The normalized spacial score (nSPS) is 15.4. The van der Waals surface area contributed by atoms with Crippen LogP contribution in [0.4, 0.5) is 4.39 Å². The van der Waals surface area contributed by atoms with Gasteiger partial charge in [-0.2, -0.15) is 0 Å². The van der Waals surface area contributed by atoms with Crippen molar-refractivity contribution in [2.24, 2.45) is 4.99 Å². The Hall–Kier alpha value is -1.64. The first-order valence-electron chi connectivity index (χ1n) is 9.26. The summed E-state index contributed by atoms with van der Waals surface area (Å²) in [6.07, 6.45) is 2.12. The zero-order valence-corrected chi connectivity index (χ0v) is 18.4. The van der Waals surface area contributed by atoms with E-state index in [2.05, 4.69) is 34.6 Å². The highest BCUT2D eigenvalue weighted by molar-refractivity contribution is 14.0. The third-order valence-corrected chi connectivity index (χ3v) is 4.79. The van der Waals surface area contributed by atoms with E-state index in [-0.39, 0.29) is 35.2 Å². The summed E-state index contributed by atoms with van der Waals surface area (Å²) >= 11 is 0. The van der Waals surface area contributed by atoms with Crippen LogP contribution in [0.2, 0.25) is 0 Å². The lowest BCUT2D eigenvalue weighted by Crippen LogP contribution is -2.41. The third kappa shape index (κ3) is 5.67. The number of guanidine groups is 1. The molecule has 0 amide bonds. The maximum Gasteiger partial charge on any atom is 0.191 e. The molecule has 2 aromatic rings. The summed E-state index contributed by atoms with van der Waals surface area (Å²) in [5.74, 6) is 1.64. The van der Waals surface area contributed by atoms with E-state index >= 15 is 0 Å². The number of hydrogen-bond donors (Lipinski definition) is 2. The maximum absolute atomic E-state index is 13.5. The van der Waals surface area contributed by atoms with E-state index in [9.17, 15) is 4.39 Å². The standard InChI is InChI=1S/C20H27FN4O.HI/c1-4-22-19(23-12-17-11-18(14(2)3)25-26-17)24-13-20(8-9-20)15-6-5-7-16(21)10-15;/h5-7,10-11,14H,4,8-9,12-13H2,1-3H3,(H2,22,23,24);1H. The lowest BCUT2D eigenvalue weighted by molar-refractivity contribution is 0.376. The van der Waals surface area contributed by atoms with Crippen LogP contribution < -0.4 is 10.6 Å². The number of nitrogens with one attached hydrogen (secondary N) is 2. The molecule has 7 heteroatoms. The average molecular weight is 486 g/mol. The molecule has 3 rings (SSSR count). The molecule has 0 radical (unpaired) electrons. The van der Waals surface area contributed by atoms with Crippen LogP contribution in [0.15, 0.2) is 39.8 Å². The van der Waals surface area contributed by atoms with Gasteiger partial charge in [-0.1, -0.05) is 31.1 Å². The van der Waals surface area contributed by atoms with Gasteiger partial charge in [-0.15, -0.1) is 24.0 Å². The first kappa shape index (κ1) is 21.7. The highest BCUT2D eigenvalue weighted by Gasteiger charge is 2.44. The molecule has 1 fully saturated rings. The summed E-state index contributed by atoms with van der Waals surface area (Å²) in [6.45, 7) is 8.13. The molecule has 2 N–H and O–H groups in total. The number of aliphatic imine (C=N–C) groups is 1. The first-order chi connectivity index (χ1) is 12.5. The average Bonchev–Trinajstić information content (AvgIpc) is 3.26. The predicted octanol–water partition coefficient (Wildman–Crippen LogP) is 4.34. The number of halogens is 2. The molecule has 0 saturated heterocycles. The van der Waals surface area contributed by atoms with E-state index in [0.717, 1.165) is 48.9 Å². The van der Waals surface area contributed by atoms with Gasteiger partial charge in [0.15, 0.2) is 11.7 Å². The second-order valence-electron chi connectivity index (χ2n) is 7.21. The van der Waals surface area contributed by atoms with Crippen LogP contribution in [-0.2, 0) is 12.0 Å². The van der Waals surface area contributed by atoms with Crippen molar-refractivity contribution in [3.63, 3.8) is 0 Å². The van der Waals surface area contributed by atoms with Gasteiger partial charge in [0.05, 0.1) is 5.69 Å². The van der Waals surface area contributed by atoms with Crippen molar-refractivity contribution in [1.82, 2.24) is 15.8 Å². The van der Waals surface area contributed by atoms with Crippen LogP contribution in [0, 0.1) is 5.82 Å². The maximum atomic E-state index is 13.5. The molecular formula is C20H28FIN4O. The number of aromatic nitrogens is 1. The van der Waals surface area contributed by atoms with Crippen LogP contribution in [0.25, 0.3) is 0 Å². The second kappa shape index (κ2) is 9.52. The van der Waals surface area contributed by atoms with Crippen molar-refractivity contribution in [2.45, 2.75) is 51.5 Å². The van der Waals surface area contributed by atoms with E-state index in [0.29, 0.717) is 12.5 Å². The van der Waals surface area contributed by atoms with Crippen molar-refractivity contribution < 1.29 is 8.91 Å². The molecule has 1 aliphatic carbocycles. The highest BCUT2D eigenvalue weighted by atomic mass is 127. The van der Waals surface area contributed by atoms with Gasteiger partial charge in [0, 0.05) is 24.6 Å². The SMILES string of the molecule is CCNC(=NCc1cc(C(C)C)no1)NCC1(c2cccc(F)c2)CC1.I. The quantitative estimate of drug-likeness (QED) is 0.347. The molecule has 0 unspecified atom stereocenters. The second-order valence-corrected chi connectivity index (χ2v) is 7.21. The fourth-order valence-electron chi connectivity index (χ4n) is 2.96. The molecule has 0 aliphatic heterocycles. The van der Waals surface area contributed by atoms with Crippen LogP contribution in [0.5, 0.6) is 0 Å². The predicted molar refractivity (Wildman–Crippen MR) is 116 cm³/mol. The minimum atomic E-state index is -0.180. The molecule has 27 heavy (non-hydrogen) atoms. The van der Waals surface area contributed by atoms with Crippen LogP contribution in [0.1, 0.15) is 56.5 Å². The van der Waals surface area contributed by atoms with E-state index in [4.69, 9.17) is 4.52 Å². The van der Waals surface area contributed by atoms with Gasteiger partial charge in [0.1, 0.15) is 12.4 Å². The van der Waals surface area contributed by atoms with Crippen molar-refractivity contribution in [1.29, 1.82) is 0 Å². The van der Waals surface area contributed by atoms with Crippen molar-refractivity contribution in [3.8, 4) is 0 Å². The molecule has 0 bridgehead atoms.